The molecule has 2 aliphatic heterocycles. The zero-order chi connectivity index (χ0) is 44.4. The highest BCUT2D eigenvalue weighted by molar-refractivity contribution is 9.10. The van der Waals surface area contributed by atoms with E-state index >= 15 is 8.78 Å². The van der Waals surface area contributed by atoms with Gasteiger partial charge in [0.25, 0.3) is 17.4 Å². The molecule has 1 saturated carbocycles. The van der Waals surface area contributed by atoms with Crippen LogP contribution in [0, 0.1) is 29.1 Å². The Balaban J connectivity index is 1.28. The van der Waals surface area contributed by atoms with Crippen LogP contribution in [-0.4, -0.2) is 71.5 Å². The number of phenolic OH excluding ortho intramolecular Hbond substituents is 1. The fraction of sp³-hybridized carbons (Fsp3) is 0.316. The standard InChI is InChI=1S/C38H28BrCl2F5N6O9/c1-48-19-12-22(60-3)21(59-2)11-18(19)47-17(32(48)54)6-7-49-35(57)50-8-5-15-20(52(50)36(49)58)13-37(40)33(55)51(30-28(45)26(43)25(42)27(44)29(30)46)34(56)38(37,41)24(15)16-9-14(39)10-23(61-4)31(16)53/h5,9-12,20,24,53H,6-8,13H2,1-4H3. The molecule has 1 N–H and O–H groups in total. The second-order valence-corrected chi connectivity index (χ2v) is 16.4. The predicted molar refractivity (Wildman–Crippen MR) is 209 cm³/mol. The summed E-state index contributed by atoms with van der Waals surface area (Å²) in [5.41, 5.74) is -4.00. The molecule has 5 aromatic rings. The summed E-state index contributed by atoms with van der Waals surface area (Å²) < 4.78 is 94.3. The molecule has 2 amide bonds. The highest BCUT2D eigenvalue weighted by Crippen LogP contribution is 2.65. The Morgan fingerprint density at radius 2 is 1.46 bits per heavy atom. The Labute approximate surface area is 356 Å². The van der Waals surface area contributed by atoms with Crippen LogP contribution in [0.2, 0.25) is 0 Å². The molecule has 1 saturated heterocycles. The smallest absolute Gasteiger partial charge is 0.347 e. The summed E-state index contributed by atoms with van der Waals surface area (Å²) in [6, 6.07) is 4.18. The molecule has 4 unspecified atom stereocenters. The van der Waals surface area contributed by atoms with Gasteiger partial charge >= 0.3 is 11.4 Å². The number of rotatable bonds is 8. The van der Waals surface area contributed by atoms with Crippen LogP contribution >= 0.6 is 39.1 Å². The number of amides is 2. The summed E-state index contributed by atoms with van der Waals surface area (Å²) in [6.07, 6.45) is 0.253. The first kappa shape index (κ1) is 42.0. The number of aryl methyl sites for hydroxylation is 2. The van der Waals surface area contributed by atoms with Crippen LogP contribution in [0.25, 0.3) is 11.0 Å². The molecular weight excluding hydrogens is 930 g/mol. The monoisotopic (exact) mass is 956 g/mol. The number of imide groups is 1. The van der Waals surface area contributed by atoms with Gasteiger partial charge in [-0.25, -0.2) is 55.4 Å². The largest absolute Gasteiger partial charge is 0.504 e. The molecular formula is C38H28BrCl2F5N6O9. The molecule has 0 spiro atoms. The Morgan fingerprint density at radius 1 is 0.852 bits per heavy atom. The Bertz CT molecular complexity index is 3000. The van der Waals surface area contributed by atoms with E-state index in [-0.39, 0.29) is 38.4 Å². The maximum absolute atomic E-state index is 15.4. The highest BCUT2D eigenvalue weighted by Gasteiger charge is 2.76. The van der Waals surface area contributed by atoms with Gasteiger partial charge in [-0.1, -0.05) is 22.0 Å². The summed E-state index contributed by atoms with van der Waals surface area (Å²) in [4.78, 5) is 69.2. The number of hydrogen-bond acceptors (Lipinski definition) is 10. The van der Waals surface area contributed by atoms with Crippen molar-refractivity contribution >= 4 is 67.7 Å². The Hall–Kier alpha value is -5.67. The van der Waals surface area contributed by atoms with Gasteiger partial charge in [0.05, 0.1) is 44.9 Å². The minimum absolute atomic E-state index is 0.00386. The van der Waals surface area contributed by atoms with Crippen LogP contribution in [0.4, 0.5) is 27.6 Å². The molecule has 320 valence electrons. The van der Waals surface area contributed by atoms with Crippen molar-refractivity contribution in [2.75, 3.05) is 26.2 Å². The number of aromatic hydroxyl groups is 1. The number of carbonyl (C=O) groups excluding carboxylic acids is 2. The van der Waals surface area contributed by atoms with Crippen molar-refractivity contribution in [2.24, 2.45) is 7.05 Å². The average molecular weight is 958 g/mol. The average Bonchev–Trinajstić information content (AvgIpc) is 3.57. The van der Waals surface area contributed by atoms with Crippen molar-refractivity contribution < 1.29 is 50.9 Å². The third kappa shape index (κ3) is 5.65. The summed E-state index contributed by atoms with van der Waals surface area (Å²) in [7, 11) is 5.51. The SMILES string of the molecule is COc1cc2nc(CCn3c(=O)n4n(c3=O)C3CC5(Cl)C(=O)N(c6c(F)c(F)c(F)c(F)c6F)C(=O)C5(Cl)C(c5cc(Br)cc(OC)c5O)C3=CC4)c(=O)n(C)c2cc1OC. The van der Waals surface area contributed by atoms with E-state index in [0.29, 0.717) is 22.5 Å². The molecule has 3 aliphatic rings. The van der Waals surface area contributed by atoms with Crippen molar-refractivity contribution in [2.45, 2.75) is 47.6 Å². The zero-order valence-corrected chi connectivity index (χ0v) is 34.9. The van der Waals surface area contributed by atoms with Crippen molar-refractivity contribution in [3.63, 3.8) is 0 Å². The van der Waals surface area contributed by atoms with E-state index < -0.39 is 110 Å². The molecule has 2 fully saturated rings. The van der Waals surface area contributed by atoms with Crippen LogP contribution in [0.1, 0.15) is 29.6 Å². The number of fused-ring (bicyclic) bond motifs is 5. The number of anilines is 1. The molecule has 3 aromatic carbocycles. The first-order valence-corrected chi connectivity index (χ1v) is 19.4. The molecule has 4 atom stereocenters. The third-order valence-corrected chi connectivity index (χ3v) is 13.3. The fourth-order valence-corrected chi connectivity index (χ4v) is 9.83. The number of nitrogens with zero attached hydrogens (tertiary/aromatic N) is 6. The van der Waals surface area contributed by atoms with Crippen LogP contribution in [0.3, 0.4) is 0 Å². The maximum atomic E-state index is 15.4. The third-order valence-electron chi connectivity index (χ3n) is 11.4. The highest BCUT2D eigenvalue weighted by atomic mass is 79.9. The van der Waals surface area contributed by atoms with E-state index in [1.54, 1.807) is 12.1 Å². The van der Waals surface area contributed by atoms with E-state index in [9.17, 15) is 42.3 Å². The lowest BCUT2D eigenvalue weighted by molar-refractivity contribution is -0.122. The van der Waals surface area contributed by atoms with Crippen LogP contribution in [0.5, 0.6) is 23.0 Å². The topological polar surface area (TPSA) is 169 Å². The number of allylic oxidation sites excluding steroid dienone is 2. The summed E-state index contributed by atoms with van der Waals surface area (Å²) in [5, 5.41) is 11.5. The van der Waals surface area contributed by atoms with Crippen LogP contribution in [0.15, 0.2) is 54.8 Å². The molecule has 4 heterocycles. The first-order valence-electron chi connectivity index (χ1n) is 17.9. The molecule has 61 heavy (non-hydrogen) atoms. The van der Waals surface area contributed by atoms with E-state index in [0.717, 1.165) is 13.9 Å². The number of benzene rings is 3. The van der Waals surface area contributed by atoms with Gasteiger partial charge in [0.1, 0.15) is 11.4 Å². The zero-order valence-electron chi connectivity index (χ0n) is 31.8. The molecule has 2 aromatic heterocycles. The number of phenols is 1. The van der Waals surface area contributed by atoms with Gasteiger partial charge in [0, 0.05) is 54.5 Å². The number of alkyl halides is 2. The quantitative estimate of drug-likeness (QED) is 0.0576. The Kier molecular flexibility index (Phi) is 9.97. The van der Waals surface area contributed by atoms with Gasteiger partial charge in [-0.15, -0.1) is 23.2 Å². The van der Waals surface area contributed by atoms with E-state index in [1.165, 1.54) is 51.2 Å². The first-order chi connectivity index (χ1) is 28.8. The van der Waals surface area contributed by atoms with Gasteiger partial charge in [-0.05, 0) is 17.7 Å². The van der Waals surface area contributed by atoms with E-state index in [4.69, 9.17) is 37.4 Å². The summed E-state index contributed by atoms with van der Waals surface area (Å²) in [6.45, 7) is -0.795. The van der Waals surface area contributed by atoms with Crippen molar-refractivity contribution in [3.05, 3.63) is 112 Å². The number of hydrogen-bond donors (Lipinski definition) is 1. The predicted octanol–water partition coefficient (Wildman–Crippen LogP) is 4.69. The molecule has 8 rings (SSSR count). The summed E-state index contributed by atoms with van der Waals surface area (Å²) >= 11 is 17.6. The second kappa shape index (κ2) is 14.5. The maximum Gasteiger partial charge on any atom is 0.347 e. The van der Waals surface area contributed by atoms with Gasteiger partial charge < -0.3 is 23.9 Å². The molecule has 15 nitrogen and oxygen atoms in total. The lowest BCUT2D eigenvalue weighted by atomic mass is 9.64. The van der Waals surface area contributed by atoms with Crippen LogP contribution in [-0.2, 0) is 36.1 Å². The molecule has 23 heteroatoms. The normalized spacial score (nSPS) is 22.0. The van der Waals surface area contributed by atoms with E-state index in [1.807, 2.05) is 0 Å². The minimum atomic E-state index is -2.92. The minimum Gasteiger partial charge on any atom is -0.504 e. The number of ether oxygens (including phenoxy) is 3. The van der Waals surface area contributed by atoms with Gasteiger partial charge in [0.15, 0.2) is 56.0 Å². The number of halogens is 8. The van der Waals surface area contributed by atoms with Gasteiger partial charge in [0.2, 0.25) is 5.82 Å². The molecule has 0 bridgehead atoms. The van der Waals surface area contributed by atoms with Gasteiger partial charge in [-0.2, -0.15) is 0 Å². The number of carbonyl (C=O) groups is 2. The number of methoxy groups -OCH3 is 3. The van der Waals surface area contributed by atoms with E-state index in [2.05, 4.69) is 20.9 Å². The Morgan fingerprint density at radius 3 is 2.08 bits per heavy atom. The van der Waals surface area contributed by atoms with Crippen molar-refractivity contribution in [1.29, 1.82) is 0 Å². The van der Waals surface area contributed by atoms with Gasteiger partial charge in [-0.3, -0.25) is 14.4 Å². The number of aromatic nitrogens is 5. The molecule has 1 aliphatic carbocycles. The van der Waals surface area contributed by atoms with Crippen molar-refractivity contribution in [1.82, 2.24) is 23.5 Å². The second-order valence-electron chi connectivity index (χ2n) is 14.3. The fourth-order valence-electron chi connectivity index (χ4n) is 8.47. The lowest BCUT2D eigenvalue weighted by Gasteiger charge is -2.49. The van der Waals surface area contributed by atoms with Crippen molar-refractivity contribution in [3.8, 4) is 23.0 Å². The van der Waals surface area contributed by atoms with Crippen LogP contribution < -0.4 is 36.0 Å². The lowest BCUT2D eigenvalue weighted by Crippen LogP contribution is -2.59. The summed E-state index contributed by atoms with van der Waals surface area (Å²) in [5.74, 6) is -18.1. The molecule has 0 radical (unpaired) electrons.